The largest absolute Gasteiger partial charge is 0.0839 e. The van der Waals surface area contributed by atoms with E-state index in [1.165, 1.54) is 60.8 Å². The fraction of sp³-hybridized carbons (Fsp3) is 0.385. The van der Waals surface area contributed by atoms with E-state index in [2.05, 4.69) is 74.6 Å². The van der Waals surface area contributed by atoms with Crippen LogP contribution in [0.2, 0.25) is 0 Å². The first kappa shape index (κ1) is 17.3. The van der Waals surface area contributed by atoms with Gasteiger partial charge in [-0.15, -0.1) is 0 Å². The molecule has 0 aromatic rings. The van der Waals surface area contributed by atoms with Gasteiger partial charge in [0.1, 0.15) is 0 Å². The zero-order valence-electron chi connectivity index (χ0n) is 16.2. The van der Waals surface area contributed by atoms with Crippen molar-refractivity contribution in [3.8, 4) is 0 Å². The molecule has 0 fully saturated rings. The molecule has 2 unspecified atom stereocenters. The minimum atomic E-state index is 0.607. The summed E-state index contributed by atoms with van der Waals surface area (Å²) in [5.41, 5.74) is 9.03. The summed E-state index contributed by atoms with van der Waals surface area (Å²) in [7, 11) is 0. The van der Waals surface area contributed by atoms with Crippen molar-refractivity contribution in [3.63, 3.8) is 0 Å². The van der Waals surface area contributed by atoms with Gasteiger partial charge in [0, 0.05) is 0 Å². The smallest absolute Gasteiger partial charge is 0.0118 e. The van der Waals surface area contributed by atoms with Crippen LogP contribution in [0.15, 0.2) is 94.2 Å². The molecule has 0 amide bonds. The summed E-state index contributed by atoms with van der Waals surface area (Å²) in [6.45, 7) is 4.51. The van der Waals surface area contributed by atoms with Crippen molar-refractivity contribution >= 4 is 0 Å². The minimum Gasteiger partial charge on any atom is -0.0839 e. The third-order valence-electron chi connectivity index (χ3n) is 6.15. The van der Waals surface area contributed by atoms with Gasteiger partial charge in [0.25, 0.3) is 0 Å². The Balaban J connectivity index is 1.68. The van der Waals surface area contributed by atoms with Gasteiger partial charge in [0.05, 0.1) is 0 Å². The fourth-order valence-corrected chi connectivity index (χ4v) is 4.50. The van der Waals surface area contributed by atoms with Crippen molar-refractivity contribution in [1.29, 1.82) is 0 Å². The quantitative estimate of drug-likeness (QED) is 0.504. The van der Waals surface area contributed by atoms with E-state index in [1.54, 1.807) is 11.1 Å². The molecule has 0 saturated carbocycles. The average molecular weight is 343 g/mol. The lowest BCUT2D eigenvalue weighted by Crippen LogP contribution is -2.17. The fourth-order valence-electron chi connectivity index (χ4n) is 4.50. The predicted octanol–water partition coefficient (Wildman–Crippen LogP) is 7.32. The van der Waals surface area contributed by atoms with Crippen LogP contribution in [0, 0.1) is 11.8 Å². The number of rotatable bonds is 3. The standard InChI is InChI=1S/C26H30/c1-19-11-13-22(14-12-19)25-16-24(21-8-4-3-5-9-21)17-26(18-25)23-10-6-7-20(2)15-23/h3-5,8,10-11,13,15,17-18,21,24H,6-7,9,12,14,16H2,1-2H3. The summed E-state index contributed by atoms with van der Waals surface area (Å²) in [5, 5.41) is 0. The molecule has 0 spiro atoms. The Morgan fingerprint density at radius 1 is 0.808 bits per heavy atom. The first-order valence-corrected chi connectivity index (χ1v) is 10.2. The molecule has 0 heteroatoms. The second-order valence-corrected chi connectivity index (χ2v) is 8.27. The topological polar surface area (TPSA) is 0 Å². The van der Waals surface area contributed by atoms with Crippen LogP contribution in [0.25, 0.3) is 0 Å². The van der Waals surface area contributed by atoms with Crippen LogP contribution < -0.4 is 0 Å². The van der Waals surface area contributed by atoms with E-state index in [0.717, 1.165) is 0 Å². The van der Waals surface area contributed by atoms with E-state index in [9.17, 15) is 0 Å². The summed E-state index contributed by atoms with van der Waals surface area (Å²) in [4.78, 5) is 0. The summed E-state index contributed by atoms with van der Waals surface area (Å²) >= 11 is 0. The van der Waals surface area contributed by atoms with Gasteiger partial charge in [-0.25, -0.2) is 0 Å². The van der Waals surface area contributed by atoms with Crippen molar-refractivity contribution < 1.29 is 0 Å². The first-order valence-electron chi connectivity index (χ1n) is 10.2. The molecular weight excluding hydrogens is 312 g/mol. The molecule has 0 nitrogen and oxygen atoms in total. The maximum atomic E-state index is 2.56. The second-order valence-electron chi connectivity index (χ2n) is 8.27. The van der Waals surface area contributed by atoms with Crippen LogP contribution in [0.3, 0.4) is 0 Å². The van der Waals surface area contributed by atoms with E-state index in [-0.39, 0.29) is 0 Å². The molecule has 4 rings (SSSR count). The minimum absolute atomic E-state index is 0.607. The van der Waals surface area contributed by atoms with Crippen molar-refractivity contribution in [2.24, 2.45) is 11.8 Å². The number of allylic oxidation sites excluding steroid dienone is 16. The number of hydrogen-bond donors (Lipinski definition) is 0. The normalized spacial score (nSPS) is 28.5. The molecule has 0 radical (unpaired) electrons. The van der Waals surface area contributed by atoms with Crippen molar-refractivity contribution in [2.45, 2.75) is 52.4 Å². The van der Waals surface area contributed by atoms with E-state index < -0.39 is 0 Å². The van der Waals surface area contributed by atoms with Crippen LogP contribution >= 0.6 is 0 Å². The lowest BCUT2D eigenvalue weighted by Gasteiger charge is -2.30. The zero-order chi connectivity index (χ0) is 17.9. The molecule has 4 aliphatic rings. The van der Waals surface area contributed by atoms with Gasteiger partial charge in [0.2, 0.25) is 0 Å². The monoisotopic (exact) mass is 342 g/mol. The van der Waals surface area contributed by atoms with Gasteiger partial charge in [-0.1, -0.05) is 71.9 Å². The van der Waals surface area contributed by atoms with E-state index in [1.807, 2.05) is 0 Å². The molecule has 0 aliphatic heterocycles. The summed E-state index contributed by atoms with van der Waals surface area (Å²) < 4.78 is 0. The molecule has 0 heterocycles. The van der Waals surface area contributed by atoms with Crippen molar-refractivity contribution in [3.05, 3.63) is 94.2 Å². The van der Waals surface area contributed by atoms with E-state index in [4.69, 9.17) is 0 Å². The lowest BCUT2D eigenvalue weighted by molar-refractivity contribution is 0.467. The maximum Gasteiger partial charge on any atom is -0.0118 e. The van der Waals surface area contributed by atoms with Gasteiger partial charge in [-0.05, 0) is 86.5 Å². The highest BCUT2D eigenvalue weighted by Gasteiger charge is 2.25. The third-order valence-corrected chi connectivity index (χ3v) is 6.15. The summed E-state index contributed by atoms with van der Waals surface area (Å²) in [5.74, 6) is 1.24. The molecule has 0 N–H and O–H groups in total. The molecule has 134 valence electrons. The van der Waals surface area contributed by atoms with Gasteiger partial charge in [-0.2, -0.15) is 0 Å². The van der Waals surface area contributed by atoms with Crippen LogP contribution in [-0.4, -0.2) is 0 Å². The van der Waals surface area contributed by atoms with E-state index in [0.29, 0.717) is 11.8 Å². The molecule has 0 aromatic heterocycles. The Hall–Kier alpha value is -2.08. The van der Waals surface area contributed by atoms with Gasteiger partial charge < -0.3 is 0 Å². The summed E-state index contributed by atoms with van der Waals surface area (Å²) in [6.07, 6.45) is 30.9. The van der Waals surface area contributed by atoms with E-state index >= 15 is 0 Å². The van der Waals surface area contributed by atoms with Crippen LogP contribution in [0.4, 0.5) is 0 Å². The molecule has 0 aromatic carbocycles. The molecular formula is C26H30. The highest BCUT2D eigenvalue weighted by molar-refractivity contribution is 5.55. The Kier molecular flexibility index (Phi) is 5.11. The van der Waals surface area contributed by atoms with Gasteiger partial charge in [0.15, 0.2) is 0 Å². The Morgan fingerprint density at radius 2 is 1.73 bits per heavy atom. The summed E-state index contributed by atoms with van der Waals surface area (Å²) in [6, 6.07) is 0. The third kappa shape index (κ3) is 3.85. The molecule has 2 atom stereocenters. The second kappa shape index (κ2) is 7.66. The number of hydrogen-bond acceptors (Lipinski definition) is 0. The zero-order valence-corrected chi connectivity index (χ0v) is 16.2. The Morgan fingerprint density at radius 3 is 2.46 bits per heavy atom. The maximum absolute atomic E-state index is 2.56. The van der Waals surface area contributed by atoms with Crippen LogP contribution in [-0.2, 0) is 0 Å². The van der Waals surface area contributed by atoms with Gasteiger partial charge >= 0.3 is 0 Å². The van der Waals surface area contributed by atoms with Crippen LogP contribution in [0.1, 0.15) is 52.4 Å². The SMILES string of the molecule is CC1=CC(C2=CC(C3C=CC=CC3)CC(C3=CC=C(C)CC3)=C2)=CCC1. The van der Waals surface area contributed by atoms with Crippen LogP contribution in [0.5, 0.6) is 0 Å². The van der Waals surface area contributed by atoms with Gasteiger partial charge in [-0.3, -0.25) is 0 Å². The molecule has 0 bridgehead atoms. The highest BCUT2D eigenvalue weighted by Crippen LogP contribution is 2.40. The predicted molar refractivity (Wildman–Crippen MR) is 113 cm³/mol. The Labute approximate surface area is 158 Å². The van der Waals surface area contributed by atoms with Crippen molar-refractivity contribution in [1.82, 2.24) is 0 Å². The highest BCUT2D eigenvalue weighted by atomic mass is 14.3. The lowest BCUT2D eigenvalue weighted by atomic mass is 9.74. The first-order chi connectivity index (χ1) is 12.7. The Bertz CT molecular complexity index is 814. The molecule has 0 saturated heterocycles. The molecule has 4 aliphatic carbocycles. The molecule has 26 heavy (non-hydrogen) atoms. The average Bonchev–Trinajstić information content (AvgIpc) is 2.69. The van der Waals surface area contributed by atoms with Crippen molar-refractivity contribution in [2.75, 3.05) is 0 Å².